The Balaban J connectivity index is 1.53. The summed E-state index contributed by atoms with van der Waals surface area (Å²) < 4.78 is 16.0. The van der Waals surface area contributed by atoms with Crippen LogP contribution in [0.4, 0.5) is 10.1 Å². The number of nitrogens with zero attached hydrogens (tertiary/aromatic N) is 3. The average molecular weight is 480 g/mol. The van der Waals surface area contributed by atoms with E-state index in [1.165, 1.54) is 23.3 Å². The molecule has 0 aliphatic carbocycles. The van der Waals surface area contributed by atoms with Crippen LogP contribution in [0.2, 0.25) is 5.02 Å². The van der Waals surface area contributed by atoms with Gasteiger partial charge in [0.2, 0.25) is 5.79 Å². The molecule has 2 aromatic carbocycles. The highest BCUT2D eigenvalue weighted by atomic mass is 35.5. The Hall–Kier alpha value is -3.20. The molecule has 1 atom stereocenters. The number of hydrogen-bond acceptors (Lipinski definition) is 6. The molecule has 1 aromatic heterocycles. The molecule has 0 saturated carbocycles. The minimum Gasteiger partial charge on any atom is -0.341 e. The van der Waals surface area contributed by atoms with Gasteiger partial charge in [0.15, 0.2) is 0 Å². The van der Waals surface area contributed by atoms with Crippen LogP contribution in [0.3, 0.4) is 0 Å². The summed E-state index contributed by atoms with van der Waals surface area (Å²) in [4.78, 5) is 4.56. The Morgan fingerprint density at radius 3 is 2.94 bits per heavy atom. The van der Waals surface area contributed by atoms with Crippen LogP contribution in [-0.4, -0.2) is 22.5 Å². The van der Waals surface area contributed by atoms with Crippen LogP contribution in [0, 0.1) is 5.82 Å². The van der Waals surface area contributed by atoms with Crippen LogP contribution in [0.5, 0.6) is 0 Å². The van der Waals surface area contributed by atoms with Gasteiger partial charge in [-0.3, -0.25) is 10.4 Å². The third-order valence-electron chi connectivity index (χ3n) is 6.04. The second kappa shape index (κ2) is 9.21. The Labute approximate surface area is 202 Å². The van der Waals surface area contributed by atoms with Crippen molar-refractivity contribution in [3.63, 3.8) is 0 Å². The van der Waals surface area contributed by atoms with Crippen LogP contribution in [0.1, 0.15) is 35.6 Å². The standard InChI is InChI=1S/C25H27ClFN7/c1-2-7-34-15-18(13-31-34)23-14-30-25(28,19-9-20(26)11-21(27)10-19)33-24(23)32-22-4-3-16-5-6-29-12-17(16)8-22/h3-4,8-11,13-15,29,32-33H,2,5-7,12,28H2,1H3. The molecule has 5 N–H and O–H groups in total. The summed E-state index contributed by atoms with van der Waals surface area (Å²) in [6, 6.07) is 10.5. The number of nitrogens with two attached hydrogens (primary N) is 1. The smallest absolute Gasteiger partial charge is 0.210 e. The molecular formula is C25H27ClFN7. The zero-order valence-corrected chi connectivity index (χ0v) is 19.7. The fourth-order valence-corrected chi connectivity index (χ4v) is 4.54. The first-order valence-corrected chi connectivity index (χ1v) is 11.8. The summed E-state index contributed by atoms with van der Waals surface area (Å²) in [5.74, 6) is -1.22. The summed E-state index contributed by atoms with van der Waals surface area (Å²) in [5, 5.41) is 14.9. The predicted molar refractivity (Wildman–Crippen MR) is 134 cm³/mol. The van der Waals surface area contributed by atoms with Gasteiger partial charge in [0, 0.05) is 52.9 Å². The number of benzene rings is 2. The molecule has 0 bridgehead atoms. The van der Waals surface area contributed by atoms with E-state index in [2.05, 4.69) is 51.2 Å². The molecule has 9 heteroatoms. The van der Waals surface area contributed by atoms with Crippen molar-refractivity contribution in [2.45, 2.75) is 38.6 Å². The lowest BCUT2D eigenvalue weighted by atomic mass is 10.00. The van der Waals surface area contributed by atoms with E-state index in [0.29, 0.717) is 11.4 Å². The summed E-state index contributed by atoms with van der Waals surface area (Å²) >= 11 is 6.10. The number of aliphatic imine (C=N–C) groups is 1. The minimum absolute atomic E-state index is 0.254. The molecule has 7 nitrogen and oxygen atoms in total. The fraction of sp³-hybridized carbons (Fsp3) is 0.280. The van der Waals surface area contributed by atoms with Crippen LogP contribution in [0.25, 0.3) is 5.57 Å². The van der Waals surface area contributed by atoms with Crippen molar-refractivity contribution in [2.24, 2.45) is 10.7 Å². The molecule has 3 heterocycles. The molecule has 2 aliphatic heterocycles. The lowest BCUT2D eigenvalue weighted by Gasteiger charge is -2.34. The summed E-state index contributed by atoms with van der Waals surface area (Å²) in [5.41, 5.74) is 12.3. The Bertz CT molecular complexity index is 1260. The van der Waals surface area contributed by atoms with Crippen LogP contribution in [-0.2, 0) is 25.3 Å². The third-order valence-corrected chi connectivity index (χ3v) is 6.26. The van der Waals surface area contributed by atoms with Gasteiger partial charge in [0.05, 0.1) is 6.20 Å². The quantitative estimate of drug-likeness (QED) is 0.429. The van der Waals surface area contributed by atoms with Crippen molar-refractivity contribution in [3.8, 4) is 0 Å². The van der Waals surface area contributed by atoms with Gasteiger partial charge in [-0.05, 0) is 60.8 Å². The number of halogens is 2. The second-order valence-corrected chi connectivity index (χ2v) is 9.06. The van der Waals surface area contributed by atoms with E-state index < -0.39 is 11.6 Å². The fourth-order valence-electron chi connectivity index (χ4n) is 4.32. The Kier molecular flexibility index (Phi) is 6.12. The number of rotatable bonds is 6. The molecule has 0 spiro atoms. The highest BCUT2D eigenvalue weighted by Gasteiger charge is 2.32. The monoisotopic (exact) mass is 479 g/mol. The molecule has 0 radical (unpaired) electrons. The highest BCUT2D eigenvalue weighted by molar-refractivity contribution is 6.30. The van der Waals surface area contributed by atoms with Gasteiger partial charge in [-0.1, -0.05) is 24.6 Å². The zero-order valence-electron chi connectivity index (χ0n) is 18.9. The molecule has 0 fully saturated rings. The maximum atomic E-state index is 14.1. The van der Waals surface area contributed by atoms with Crippen molar-refractivity contribution in [1.29, 1.82) is 0 Å². The van der Waals surface area contributed by atoms with Gasteiger partial charge in [-0.2, -0.15) is 5.10 Å². The van der Waals surface area contributed by atoms with Gasteiger partial charge in [-0.25, -0.2) is 9.38 Å². The van der Waals surface area contributed by atoms with E-state index in [9.17, 15) is 4.39 Å². The minimum atomic E-state index is -1.40. The van der Waals surface area contributed by atoms with Gasteiger partial charge in [0.1, 0.15) is 11.6 Å². The number of hydrogen-bond donors (Lipinski definition) is 4. The molecule has 3 aromatic rings. The Morgan fingerprint density at radius 1 is 1.24 bits per heavy atom. The summed E-state index contributed by atoms with van der Waals surface area (Å²) in [6.07, 6.45) is 7.47. The summed E-state index contributed by atoms with van der Waals surface area (Å²) in [7, 11) is 0. The van der Waals surface area contributed by atoms with Gasteiger partial charge in [0.25, 0.3) is 0 Å². The van der Waals surface area contributed by atoms with E-state index in [0.717, 1.165) is 49.3 Å². The molecule has 2 aliphatic rings. The number of aromatic nitrogens is 2. The molecule has 34 heavy (non-hydrogen) atoms. The van der Waals surface area contributed by atoms with Gasteiger partial charge in [-0.15, -0.1) is 0 Å². The lowest BCUT2D eigenvalue weighted by molar-refractivity contribution is 0.398. The number of fused-ring (bicyclic) bond motifs is 1. The summed E-state index contributed by atoms with van der Waals surface area (Å²) in [6.45, 7) is 4.74. The van der Waals surface area contributed by atoms with E-state index in [1.54, 1.807) is 18.5 Å². The van der Waals surface area contributed by atoms with E-state index >= 15 is 0 Å². The third kappa shape index (κ3) is 4.57. The largest absolute Gasteiger partial charge is 0.341 e. The first kappa shape index (κ1) is 22.6. The number of aryl methyl sites for hydroxylation is 1. The van der Waals surface area contributed by atoms with Gasteiger partial charge >= 0.3 is 0 Å². The molecule has 0 amide bonds. The zero-order chi connectivity index (χ0) is 23.7. The highest BCUT2D eigenvalue weighted by Crippen LogP contribution is 2.30. The van der Waals surface area contributed by atoms with Crippen molar-refractivity contribution in [3.05, 3.63) is 87.7 Å². The van der Waals surface area contributed by atoms with Crippen molar-refractivity contribution in [2.75, 3.05) is 11.9 Å². The first-order valence-electron chi connectivity index (χ1n) is 11.4. The number of allylic oxidation sites excluding steroid dienone is 1. The second-order valence-electron chi connectivity index (χ2n) is 8.62. The topological polar surface area (TPSA) is 92.3 Å². The van der Waals surface area contributed by atoms with E-state index in [4.69, 9.17) is 17.3 Å². The molecule has 1 unspecified atom stereocenters. The van der Waals surface area contributed by atoms with Crippen LogP contribution in [0.15, 0.2) is 59.6 Å². The molecular weight excluding hydrogens is 453 g/mol. The number of anilines is 1. The lowest BCUT2D eigenvalue weighted by Crippen LogP contribution is -2.51. The first-order chi connectivity index (χ1) is 16.4. The maximum absolute atomic E-state index is 14.1. The predicted octanol–water partition coefficient (Wildman–Crippen LogP) is 3.96. The molecule has 0 saturated heterocycles. The van der Waals surface area contributed by atoms with Crippen LogP contribution < -0.4 is 21.7 Å². The molecule has 176 valence electrons. The maximum Gasteiger partial charge on any atom is 0.210 e. The SMILES string of the molecule is CCCn1cc(C2=C(Nc3ccc4c(c3)CNCC4)NC(N)(c3cc(F)cc(Cl)c3)N=C2)cn1. The van der Waals surface area contributed by atoms with Crippen molar-refractivity contribution in [1.82, 2.24) is 20.4 Å². The molecule has 5 rings (SSSR count). The average Bonchev–Trinajstić information content (AvgIpc) is 3.27. The Morgan fingerprint density at radius 2 is 2.12 bits per heavy atom. The normalized spacial score (nSPS) is 19.6. The van der Waals surface area contributed by atoms with Crippen LogP contribution >= 0.6 is 11.6 Å². The van der Waals surface area contributed by atoms with E-state index in [-0.39, 0.29) is 5.02 Å². The van der Waals surface area contributed by atoms with Gasteiger partial charge < -0.3 is 16.0 Å². The van der Waals surface area contributed by atoms with E-state index in [1.807, 2.05) is 10.9 Å². The van der Waals surface area contributed by atoms with Crippen molar-refractivity contribution >= 4 is 29.1 Å². The number of nitrogens with one attached hydrogen (secondary N) is 3. The van der Waals surface area contributed by atoms with Crippen molar-refractivity contribution < 1.29 is 4.39 Å².